The normalized spacial score (nSPS) is 11.0. The average molecular weight is 504 g/mol. The van der Waals surface area contributed by atoms with Crippen molar-refractivity contribution in [2.24, 2.45) is 0 Å². The number of carbonyl (C=O) groups is 1. The molecule has 4 aromatic rings. The van der Waals surface area contributed by atoms with Crippen LogP contribution >= 0.6 is 11.6 Å². The lowest BCUT2D eigenvalue weighted by Gasteiger charge is -2.20. The van der Waals surface area contributed by atoms with E-state index in [4.69, 9.17) is 16.6 Å². The minimum Gasteiger partial charge on any atom is -0.346 e. The smallest absolute Gasteiger partial charge is 0.227 e. The van der Waals surface area contributed by atoms with Gasteiger partial charge < -0.3 is 15.1 Å². The lowest BCUT2D eigenvalue weighted by atomic mass is 10.2. The molecule has 36 heavy (non-hydrogen) atoms. The SMILES string of the molecule is CCN(C)C(=O)CCN(C)Cc1cc(Cl)cc(Nc2nccc(-c3ccnn3-c3ccccc3)n2)c1. The van der Waals surface area contributed by atoms with Crippen LogP contribution in [0, 0.1) is 0 Å². The van der Waals surface area contributed by atoms with Crippen molar-refractivity contribution in [2.75, 3.05) is 32.5 Å². The van der Waals surface area contributed by atoms with Crippen LogP contribution in [0.25, 0.3) is 17.1 Å². The highest BCUT2D eigenvalue weighted by Gasteiger charge is 2.12. The molecule has 2 heterocycles. The molecule has 0 atom stereocenters. The van der Waals surface area contributed by atoms with Gasteiger partial charge in [-0.1, -0.05) is 29.8 Å². The van der Waals surface area contributed by atoms with Gasteiger partial charge in [0.05, 0.1) is 23.3 Å². The summed E-state index contributed by atoms with van der Waals surface area (Å²) in [6.45, 7) is 4.01. The van der Waals surface area contributed by atoms with Crippen molar-refractivity contribution in [3.05, 3.63) is 83.6 Å². The van der Waals surface area contributed by atoms with Crippen molar-refractivity contribution in [3.8, 4) is 17.1 Å². The number of hydrogen-bond donors (Lipinski definition) is 1. The Labute approximate surface area is 216 Å². The Morgan fingerprint density at radius 2 is 1.86 bits per heavy atom. The summed E-state index contributed by atoms with van der Waals surface area (Å²) in [4.78, 5) is 25.1. The minimum absolute atomic E-state index is 0.142. The van der Waals surface area contributed by atoms with Gasteiger partial charge in [-0.3, -0.25) is 4.79 Å². The zero-order chi connectivity index (χ0) is 25.5. The second-order valence-corrected chi connectivity index (χ2v) is 9.03. The van der Waals surface area contributed by atoms with E-state index in [-0.39, 0.29) is 5.91 Å². The number of carbonyl (C=O) groups excluding carboxylic acids is 1. The fourth-order valence-electron chi connectivity index (χ4n) is 3.82. The van der Waals surface area contributed by atoms with Crippen LogP contribution in [0.3, 0.4) is 0 Å². The topological polar surface area (TPSA) is 79.2 Å². The largest absolute Gasteiger partial charge is 0.346 e. The lowest BCUT2D eigenvalue weighted by Crippen LogP contribution is -2.30. The molecule has 1 N–H and O–H groups in total. The number of anilines is 2. The Bertz CT molecular complexity index is 1310. The molecule has 186 valence electrons. The monoisotopic (exact) mass is 503 g/mol. The number of nitrogens with zero attached hydrogens (tertiary/aromatic N) is 6. The molecule has 4 rings (SSSR count). The van der Waals surface area contributed by atoms with Gasteiger partial charge in [-0.25, -0.2) is 14.6 Å². The van der Waals surface area contributed by atoms with E-state index >= 15 is 0 Å². The van der Waals surface area contributed by atoms with Gasteiger partial charge in [0, 0.05) is 50.0 Å². The van der Waals surface area contributed by atoms with Gasteiger partial charge >= 0.3 is 0 Å². The van der Waals surface area contributed by atoms with E-state index in [9.17, 15) is 4.79 Å². The third kappa shape index (κ3) is 6.47. The summed E-state index contributed by atoms with van der Waals surface area (Å²) in [5, 5.41) is 8.35. The van der Waals surface area contributed by atoms with Crippen molar-refractivity contribution < 1.29 is 4.79 Å². The maximum atomic E-state index is 12.1. The highest BCUT2D eigenvalue weighted by atomic mass is 35.5. The number of aromatic nitrogens is 4. The molecule has 0 spiro atoms. The van der Waals surface area contributed by atoms with Crippen LogP contribution in [0.2, 0.25) is 5.02 Å². The number of halogens is 1. The van der Waals surface area contributed by atoms with Crippen molar-refractivity contribution in [3.63, 3.8) is 0 Å². The molecule has 0 fully saturated rings. The third-order valence-corrected chi connectivity index (χ3v) is 6.05. The summed E-state index contributed by atoms with van der Waals surface area (Å²) >= 11 is 6.42. The van der Waals surface area contributed by atoms with Crippen LogP contribution in [-0.2, 0) is 11.3 Å². The number of para-hydroxylation sites is 1. The van der Waals surface area contributed by atoms with E-state index < -0.39 is 0 Å². The predicted molar refractivity (Wildman–Crippen MR) is 144 cm³/mol. The fraction of sp³-hybridized carbons (Fsp3) is 0.259. The molecule has 0 saturated heterocycles. The van der Waals surface area contributed by atoms with Crippen LogP contribution in [0.5, 0.6) is 0 Å². The Hall–Kier alpha value is -3.75. The van der Waals surface area contributed by atoms with E-state index in [0.717, 1.165) is 28.3 Å². The number of benzene rings is 2. The summed E-state index contributed by atoms with van der Waals surface area (Å²) in [5.74, 6) is 0.603. The van der Waals surface area contributed by atoms with E-state index in [1.54, 1.807) is 17.3 Å². The Kier molecular flexibility index (Phi) is 8.30. The van der Waals surface area contributed by atoms with Gasteiger partial charge in [-0.2, -0.15) is 5.10 Å². The van der Waals surface area contributed by atoms with Crippen LogP contribution in [-0.4, -0.2) is 62.6 Å². The van der Waals surface area contributed by atoms with E-state index in [1.165, 1.54) is 0 Å². The molecule has 0 aliphatic heterocycles. The molecule has 0 unspecified atom stereocenters. The average Bonchev–Trinajstić information content (AvgIpc) is 3.37. The summed E-state index contributed by atoms with van der Waals surface area (Å²) in [6, 6.07) is 19.5. The predicted octanol–water partition coefficient (Wildman–Crippen LogP) is 5.03. The zero-order valence-electron chi connectivity index (χ0n) is 20.7. The first kappa shape index (κ1) is 25.3. The van der Waals surface area contributed by atoms with Crippen LogP contribution in [0.4, 0.5) is 11.6 Å². The maximum absolute atomic E-state index is 12.1. The van der Waals surface area contributed by atoms with E-state index in [1.807, 2.05) is 86.4 Å². The quantitative estimate of drug-likeness (QED) is 0.327. The molecule has 0 saturated carbocycles. The number of nitrogens with one attached hydrogen (secondary N) is 1. The number of rotatable bonds is 10. The summed E-state index contributed by atoms with van der Waals surface area (Å²) in [6.07, 6.45) is 3.95. The standard InChI is InChI=1S/C27H30ClN7O/c1-4-34(3)26(36)12-15-33(2)19-20-16-21(28)18-22(17-20)31-27-29-13-10-24(32-27)25-11-14-30-35(25)23-8-6-5-7-9-23/h5-11,13-14,16-18H,4,12,15,19H2,1-3H3,(H,29,31,32). The second kappa shape index (κ2) is 11.8. The van der Waals surface area contributed by atoms with Crippen LogP contribution < -0.4 is 5.32 Å². The van der Waals surface area contributed by atoms with E-state index in [2.05, 4.69) is 20.3 Å². The van der Waals surface area contributed by atoms with Crippen molar-refractivity contribution in [2.45, 2.75) is 19.9 Å². The lowest BCUT2D eigenvalue weighted by molar-refractivity contribution is -0.130. The molecule has 0 bridgehead atoms. The minimum atomic E-state index is 0.142. The zero-order valence-corrected chi connectivity index (χ0v) is 21.5. The molecule has 1 amide bonds. The highest BCUT2D eigenvalue weighted by molar-refractivity contribution is 6.31. The van der Waals surface area contributed by atoms with Crippen molar-refractivity contribution in [1.29, 1.82) is 0 Å². The maximum Gasteiger partial charge on any atom is 0.227 e. The number of amides is 1. The van der Waals surface area contributed by atoms with Crippen molar-refractivity contribution >= 4 is 29.1 Å². The van der Waals surface area contributed by atoms with Gasteiger partial charge in [0.15, 0.2) is 0 Å². The van der Waals surface area contributed by atoms with Crippen molar-refractivity contribution in [1.82, 2.24) is 29.5 Å². The Morgan fingerprint density at radius 1 is 1.06 bits per heavy atom. The summed E-state index contributed by atoms with van der Waals surface area (Å²) < 4.78 is 1.85. The molecule has 8 nitrogen and oxygen atoms in total. The molecule has 0 aliphatic carbocycles. The van der Waals surface area contributed by atoms with E-state index in [0.29, 0.717) is 37.0 Å². The van der Waals surface area contributed by atoms with Gasteiger partial charge in [0.1, 0.15) is 0 Å². The molecule has 2 aromatic carbocycles. The highest BCUT2D eigenvalue weighted by Crippen LogP contribution is 2.25. The first-order valence-corrected chi connectivity index (χ1v) is 12.2. The van der Waals surface area contributed by atoms with Gasteiger partial charge in [0.25, 0.3) is 0 Å². The summed E-state index contributed by atoms with van der Waals surface area (Å²) in [5.41, 5.74) is 4.39. The Balaban J connectivity index is 1.47. The molecular weight excluding hydrogens is 474 g/mol. The second-order valence-electron chi connectivity index (χ2n) is 8.60. The summed E-state index contributed by atoms with van der Waals surface area (Å²) in [7, 11) is 3.82. The molecular formula is C27H30ClN7O. The number of hydrogen-bond acceptors (Lipinski definition) is 6. The van der Waals surface area contributed by atoms with Crippen LogP contribution in [0.1, 0.15) is 18.9 Å². The van der Waals surface area contributed by atoms with Gasteiger partial charge in [-0.05, 0) is 62.0 Å². The first-order valence-electron chi connectivity index (χ1n) is 11.8. The van der Waals surface area contributed by atoms with Crippen LogP contribution in [0.15, 0.2) is 73.1 Å². The van der Waals surface area contributed by atoms with Gasteiger partial charge in [0.2, 0.25) is 11.9 Å². The fourth-order valence-corrected chi connectivity index (χ4v) is 4.08. The molecule has 0 aliphatic rings. The van der Waals surface area contributed by atoms with Gasteiger partial charge in [-0.15, -0.1) is 0 Å². The Morgan fingerprint density at radius 3 is 2.64 bits per heavy atom. The third-order valence-electron chi connectivity index (χ3n) is 5.84. The molecule has 0 radical (unpaired) electrons. The molecule has 9 heteroatoms. The first-order chi connectivity index (χ1) is 17.4. The molecule has 2 aromatic heterocycles.